The number of morpholine rings is 3. The van der Waals surface area contributed by atoms with Crippen molar-refractivity contribution in [2.75, 3.05) is 172 Å². The predicted molar refractivity (Wildman–Crippen MR) is 558 cm³/mol. The molecule has 8 aromatic heterocycles. The van der Waals surface area contributed by atoms with E-state index >= 15 is 0 Å². The largest absolute Gasteiger partial charge is 0.508 e. The van der Waals surface area contributed by atoms with E-state index in [-0.39, 0.29) is 96.6 Å². The van der Waals surface area contributed by atoms with Gasteiger partial charge < -0.3 is 68.8 Å². The lowest BCUT2D eigenvalue weighted by molar-refractivity contribution is -0.136. The molecule has 2 atom stereocenters. The Hall–Kier alpha value is -12.3. The number of H-pyrrole nitrogens is 2. The van der Waals surface area contributed by atoms with Crippen LogP contribution in [-0.4, -0.2) is 313 Å². The fraction of sp³-hybridized carbons (Fsp3) is 0.505. The van der Waals surface area contributed by atoms with Gasteiger partial charge >= 0.3 is 12.2 Å². The highest BCUT2D eigenvalue weighted by Crippen LogP contribution is 2.41. The molecule has 0 bridgehead atoms. The molecule has 38 heteroatoms. The quantitative estimate of drug-likeness (QED) is 0.0225. The molecule has 6 aliphatic heterocycles. The van der Waals surface area contributed by atoms with E-state index in [0.717, 1.165) is 146 Å². The van der Waals surface area contributed by atoms with E-state index in [2.05, 4.69) is 90.5 Å². The second-order valence-electron chi connectivity index (χ2n) is 40.7. The number of aromatic nitrogens is 10. The number of ether oxygens (including phenoxy) is 5. The molecule has 35 nitrogen and oxygen atoms in total. The second kappa shape index (κ2) is 47.5. The maximum absolute atomic E-state index is 13.8. The first-order valence-electron chi connectivity index (χ1n) is 49.4. The van der Waals surface area contributed by atoms with Gasteiger partial charge in [0.25, 0.3) is 0 Å². The van der Waals surface area contributed by atoms with Gasteiger partial charge in [-0.15, -0.1) is 34.0 Å². The summed E-state index contributed by atoms with van der Waals surface area (Å²) in [6, 6.07) is 23.8. The lowest BCUT2D eigenvalue weighted by Crippen LogP contribution is -2.55. The maximum Gasteiger partial charge on any atom is 0.408 e. The summed E-state index contributed by atoms with van der Waals surface area (Å²) in [5.74, 6) is 10.4. The van der Waals surface area contributed by atoms with Crippen LogP contribution < -0.4 is 25.3 Å². The summed E-state index contributed by atoms with van der Waals surface area (Å²) in [7, 11) is 0. The minimum absolute atomic E-state index is 0.00369. The van der Waals surface area contributed by atoms with Gasteiger partial charge in [-0.05, 0) is 142 Å². The van der Waals surface area contributed by atoms with Crippen molar-refractivity contribution < 1.29 is 67.1 Å². The summed E-state index contributed by atoms with van der Waals surface area (Å²) in [5, 5.41) is 32.0. The Labute approximate surface area is 846 Å². The number of carbonyl (C=O) groups is 8. The minimum atomic E-state index is -0.877. The number of Topliss-reactive ketones (excluding diaryl/α,β-unsaturated/α-hetero) is 1. The van der Waals surface area contributed by atoms with Gasteiger partial charge in [0, 0.05) is 211 Å². The summed E-state index contributed by atoms with van der Waals surface area (Å²) in [6.45, 7) is 42.8. The van der Waals surface area contributed by atoms with E-state index in [0.29, 0.717) is 136 Å². The van der Waals surface area contributed by atoms with Gasteiger partial charge in [-0.25, -0.2) is 39.5 Å². The number of allylic oxidation sites excluding steroid dienone is 4. The van der Waals surface area contributed by atoms with E-state index in [1.165, 1.54) is 20.7 Å². The van der Waals surface area contributed by atoms with Crippen LogP contribution in [0.2, 0.25) is 0 Å². The number of hydrogen-bond acceptors (Lipinski definition) is 31. The molecule has 0 saturated carbocycles. The molecule has 17 rings (SSSR count). The van der Waals surface area contributed by atoms with Crippen molar-refractivity contribution in [3.8, 4) is 51.8 Å². The highest BCUT2D eigenvalue weighted by molar-refractivity contribution is 7.20. The fourth-order valence-electron chi connectivity index (χ4n) is 17.5. The van der Waals surface area contributed by atoms with Crippen LogP contribution in [0.1, 0.15) is 150 Å². The Morgan fingerprint density at radius 1 is 0.469 bits per heavy atom. The predicted octanol–water partition coefficient (Wildman–Crippen LogP) is 14.4. The number of anilines is 3. The minimum Gasteiger partial charge on any atom is -0.508 e. The first-order chi connectivity index (χ1) is 68.4. The molecule has 0 aliphatic carbocycles. The van der Waals surface area contributed by atoms with E-state index in [4.69, 9.17) is 53.6 Å². The molecular weight excluding hydrogens is 1880 g/mol. The highest BCUT2D eigenvalue weighted by atomic mass is 32.1. The van der Waals surface area contributed by atoms with Crippen molar-refractivity contribution in [2.24, 2.45) is 10.8 Å². The van der Waals surface area contributed by atoms with E-state index in [1.807, 2.05) is 107 Å². The van der Waals surface area contributed by atoms with Gasteiger partial charge in [-0.1, -0.05) is 81.2 Å². The monoisotopic (exact) mass is 2010 g/mol. The second-order valence-corrected chi connectivity index (χ2v) is 44.2. The standard InChI is InChI=1S/C39H50N8O5S.C38H50N8O5S.C28H33N5O4S/c1-38(2,3)14-8-9-26(48)12-13-31(42-37(50)52-39(4,5)6)36(49)47-17-15-45(16-18-47)25-27-23-32-33(53-27)35(46-19-21-51-22-20-46)43-34(41-32)28-10-7-11-30-29(28)24-40-44-30;1-37(2,3)13-12-25(47)10-11-30(41-36(49)51-38(4,5)6)35(48)46-16-14-44(15-17-46)24-26-22-31-32(52-26)34(45-18-20-50-21-19-45)42-33(40-31)27-8-7-9-29-28(27)23-39-43-29;1-2-4-21(34)7-8-25(36)32-11-9-31(10-12-32)19-23-18-24-26(38-23)28(33-13-15-37-16-14-33)30-27(29-24)20-5-3-6-22(35)17-20/h7,10-11,23-24,31H,9,12-13,15-22,25H2,1-6H3,(H,40,44)(H,42,50);7-9,12-13,22-23,30H,10-11,14-21,24H2,1-6H3,(H,39,43)(H,41,49);2-6,17-18,35H,7-16,19H2,1H3/b;13-12-;4-2+/t31-;30-;/m00./s1. The molecule has 5 N–H and O–H groups in total. The summed E-state index contributed by atoms with van der Waals surface area (Å²) >= 11 is 5.14. The van der Waals surface area contributed by atoms with Gasteiger partial charge in [-0.2, -0.15) is 10.2 Å². The van der Waals surface area contributed by atoms with Crippen LogP contribution in [0, 0.1) is 22.7 Å². The molecule has 6 fully saturated rings. The average molecular weight is 2010 g/mol. The van der Waals surface area contributed by atoms with Crippen molar-refractivity contribution in [1.82, 2.24) is 90.3 Å². The number of nitrogens with one attached hydrogen (secondary N) is 4. The number of benzene rings is 3. The molecule has 5 amide bonds. The molecule has 3 aromatic carbocycles. The lowest BCUT2D eigenvalue weighted by Gasteiger charge is -2.36. The van der Waals surface area contributed by atoms with Crippen LogP contribution >= 0.6 is 34.0 Å². The van der Waals surface area contributed by atoms with Crippen LogP contribution in [0.4, 0.5) is 27.0 Å². The van der Waals surface area contributed by atoms with Gasteiger partial charge in [0.2, 0.25) is 17.7 Å². The number of nitrogens with zero attached hydrogens (tertiary/aromatic N) is 17. The van der Waals surface area contributed by atoms with Gasteiger partial charge in [0.1, 0.15) is 34.8 Å². The highest BCUT2D eigenvalue weighted by Gasteiger charge is 2.36. The van der Waals surface area contributed by atoms with Crippen molar-refractivity contribution >= 4 is 151 Å². The average Bonchev–Trinajstić information content (AvgIpc) is 1.74. The first kappa shape index (κ1) is 105. The Morgan fingerprint density at radius 3 is 1.27 bits per heavy atom. The molecule has 760 valence electrons. The van der Waals surface area contributed by atoms with Crippen LogP contribution in [-0.2, 0) is 72.1 Å². The number of alkyl carbamates (subject to hydrolysis) is 2. The van der Waals surface area contributed by atoms with Crippen LogP contribution in [0.15, 0.2) is 116 Å². The Balaban J connectivity index is 0.000000164. The number of ketones is 3. The molecule has 0 radical (unpaired) electrons. The summed E-state index contributed by atoms with van der Waals surface area (Å²) in [5.41, 5.74) is 5.45. The first-order valence-corrected chi connectivity index (χ1v) is 51.8. The molecule has 143 heavy (non-hydrogen) atoms. The normalized spacial score (nSPS) is 16.7. The fourth-order valence-corrected chi connectivity index (χ4v) is 21.0. The maximum atomic E-state index is 13.8. The van der Waals surface area contributed by atoms with Crippen LogP contribution in [0.3, 0.4) is 0 Å². The van der Waals surface area contributed by atoms with E-state index in [1.54, 1.807) is 123 Å². The number of aromatic hydroxyl groups is 1. The summed E-state index contributed by atoms with van der Waals surface area (Å²) in [6.07, 6.45) is 10.2. The molecule has 0 spiro atoms. The summed E-state index contributed by atoms with van der Waals surface area (Å²) < 4.78 is 30.9. The number of phenols is 1. The van der Waals surface area contributed by atoms with Crippen molar-refractivity contribution in [1.29, 1.82) is 0 Å². The zero-order valence-electron chi connectivity index (χ0n) is 84.2. The zero-order valence-corrected chi connectivity index (χ0v) is 86.7. The Kier molecular flexibility index (Phi) is 34.9. The molecular formula is C105H133N21O14S3. The number of thiophene rings is 3. The van der Waals surface area contributed by atoms with Gasteiger partial charge in [-0.3, -0.25) is 53.7 Å². The Bertz CT molecular complexity index is 6460. The summed E-state index contributed by atoms with van der Waals surface area (Å²) in [4.78, 5) is 156. The third kappa shape index (κ3) is 29.3. The SMILES string of the molecule is C/C=C/C(=O)CCC(=O)N1CCN(Cc2cc3nc(-c4cccc(O)c4)nc(N4CCOCC4)c3s2)CC1.CC(C)(C)/C=C\C(=O)CC[C@H](NC(=O)OC(C)(C)C)C(=O)N1CCN(Cc2cc3nc(-c4cccc5[nH]ncc45)nc(N4CCOCC4)c3s2)CC1.CC(C)(C)C#CCC(=O)CC[C@H](NC(=O)OC(C)(C)C)C(=O)N1CCN(Cc2cc3nc(-c4cccc5[nH]ncc45)nc(N4CCOCC4)c3s2)CC1. The number of rotatable bonds is 28. The molecule has 14 heterocycles. The van der Waals surface area contributed by atoms with Gasteiger partial charge in [0.15, 0.2) is 46.5 Å². The topological polar surface area (TPSA) is 391 Å². The third-order valence-electron chi connectivity index (χ3n) is 24.8. The number of fused-ring (bicyclic) bond motifs is 5. The van der Waals surface area contributed by atoms with Crippen molar-refractivity contribution in [3.05, 3.63) is 130 Å². The number of piperazine rings is 3. The molecule has 6 saturated heterocycles. The number of aromatic amines is 2. The number of phenolic OH excluding ortho intramolecular Hbond substituents is 1. The number of carbonyl (C=O) groups excluding carboxylic acids is 8. The number of amides is 5. The zero-order chi connectivity index (χ0) is 101. The van der Waals surface area contributed by atoms with Crippen LogP contribution in [0.5, 0.6) is 5.75 Å². The molecule has 0 unspecified atom stereocenters. The van der Waals surface area contributed by atoms with E-state index < -0.39 is 35.5 Å². The van der Waals surface area contributed by atoms with Crippen molar-refractivity contribution in [3.63, 3.8) is 0 Å². The third-order valence-corrected chi connectivity index (χ3v) is 28.1. The molecule has 6 aliphatic rings. The lowest BCUT2D eigenvalue weighted by atomic mass is 9.95. The van der Waals surface area contributed by atoms with E-state index in [9.17, 15) is 43.5 Å². The van der Waals surface area contributed by atoms with Gasteiger partial charge in [0.05, 0.1) is 100 Å². The number of hydrogen-bond donors (Lipinski definition) is 5. The smallest absolute Gasteiger partial charge is 0.408 e. The molecule has 11 aromatic rings. The Morgan fingerprint density at radius 2 is 0.867 bits per heavy atom. The van der Waals surface area contributed by atoms with Crippen LogP contribution in [0.25, 0.3) is 86.6 Å². The van der Waals surface area contributed by atoms with Crippen molar-refractivity contribution in [2.45, 2.75) is 178 Å².